The molecule has 7 heteroatoms. The number of hydrogen-bond acceptors (Lipinski definition) is 5. The molecule has 2 fully saturated rings. The van der Waals surface area contributed by atoms with Crippen LogP contribution in [0.1, 0.15) is 32.3 Å². The predicted molar refractivity (Wildman–Crippen MR) is 84.6 cm³/mol. The molecule has 0 radical (unpaired) electrons. The van der Waals surface area contributed by atoms with Gasteiger partial charge in [-0.15, -0.1) is 0 Å². The van der Waals surface area contributed by atoms with Crippen LogP contribution < -0.4 is 0 Å². The van der Waals surface area contributed by atoms with Gasteiger partial charge in [-0.25, -0.2) is 0 Å². The molecule has 0 amide bonds. The SMILES string of the molecule is CC1(C)O[C@H]2O[C@H]([C@H](C=O)c3ccc(Cl)c(Cl)c3)[C@@](C)(O)[C@H]2O1. The van der Waals surface area contributed by atoms with Crippen molar-refractivity contribution in [1.29, 1.82) is 0 Å². The van der Waals surface area contributed by atoms with Crippen molar-refractivity contribution in [1.82, 2.24) is 0 Å². The fourth-order valence-corrected chi connectivity index (χ4v) is 3.47. The monoisotopic (exact) mass is 360 g/mol. The Kier molecular flexibility index (Phi) is 4.24. The van der Waals surface area contributed by atoms with Crippen molar-refractivity contribution in [3.8, 4) is 0 Å². The Morgan fingerprint density at radius 2 is 1.91 bits per heavy atom. The van der Waals surface area contributed by atoms with Crippen molar-refractivity contribution < 1.29 is 24.1 Å². The third-order valence-corrected chi connectivity index (χ3v) is 5.03. The maximum Gasteiger partial charge on any atom is 0.190 e. The average Bonchev–Trinajstić information content (AvgIpc) is 2.88. The normalized spacial score (nSPS) is 36.7. The molecule has 1 N–H and O–H groups in total. The number of ether oxygens (including phenoxy) is 3. The molecule has 5 atom stereocenters. The Labute approximate surface area is 144 Å². The zero-order chi connectivity index (χ0) is 17.0. The lowest BCUT2D eigenvalue weighted by Gasteiger charge is -2.33. The Hall–Kier alpha value is -0.690. The van der Waals surface area contributed by atoms with Crippen molar-refractivity contribution in [2.24, 2.45) is 0 Å². The quantitative estimate of drug-likeness (QED) is 0.839. The van der Waals surface area contributed by atoms with E-state index in [0.717, 1.165) is 6.29 Å². The molecule has 2 saturated heterocycles. The molecule has 2 heterocycles. The van der Waals surface area contributed by atoms with Crippen molar-refractivity contribution in [3.05, 3.63) is 33.8 Å². The summed E-state index contributed by atoms with van der Waals surface area (Å²) in [7, 11) is 0. The van der Waals surface area contributed by atoms with Crippen LogP contribution in [0.25, 0.3) is 0 Å². The minimum absolute atomic E-state index is 0.336. The summed E-state index contributed by atoms with van der Waals surface area (Å²) in [6.45, 7) is 5.08. The molecular formula is C16H18Cl2O5. The molecule has 1 aromatic carbocycles. The van der Waals surface area contributed by atoms with E-state index in [1.54, 1.807) is 39.0 Å². The fraction of sp³-hybridized carbons (Fsp3) is 0.562. The molecule has 2 aliphatic rings. The minimum Gasteiger partial charge on any atom is -0.384 e. The van der Waals surface area contributed by atoms with Crippen LogP contribution in [-0.2, 0) is 19.0 Å². The van der Waals surface area contributed by atoms with E-state index in [1.807, 2.05) is 0 Å². The van der Waals surface area contributed by atoms with Crippen molar-refractivity contribution >= 4 is 29.5 Å². The van der Waals surface area contributed by atoms with Gasteiger partial charge in [-0.3, -0.25) is 0 Å². The topological polar surface area (TPSA) is 65.0 Å². The highest BCUT2D eigenvalue weighted by atomic mass is 35.5. The van der Waals surface area contributed by atoms with Gasteiger partial charge >= 0.3 is 0 Å². The number of carbonyl (C=O) groups is 1. The molecule has 0 aromatic heterocycles. The minimum atomic E-state index is -1.39. The first kappa shape index (κ1) is 17.1. The summed E-state index contributed by atoms with van der Waals surface area (Å²) in [5, 5.41) is 11.6. The third-order valence-electron chi connectivity index (χ3n) is 4.29. The molecule has 126 valence electrons. The Morgan fingerprint density at radius 1 is 1.22 bits per heavy atom. The van der Waals surface area contributed by atoms with E-state index in [1.165, 1.54) is 0 Å². The number of rotatable bonds is 3. The summed E-state index contributed by atoms with van der Waals surface area (Å²) in [4.78, 5) is 11.7. The number of halogens is 2. The maximum absolute atomic E-state index is 11.7. The van der Waals surface area contributed by atoms with Crippen molar-refractivity contribution in [2.75, 3.05) is 0 Å². The number of fused-ring (bicyclic) bond motifs is 1. The van der Waals surface area contributed by atoms with Crippen LogP contribution in [0.3, 0.4) is 0 Å². The van der Waals surface area contributed by atoms with Crippen LogP contribution >= 0.6 is 23.2 Å². The van der Waals surface area contributed by atoms with Crippen LogP contribution in [0.2, 0.25) is 10.0 Å². The van der Waals surface area contributed by atoms with E-state index in [2.05, 4.69) is 0 Å². The summed E-state index contributed by atoms with van der Waals surface area (Å²) >= 11 is 11.9. The van der Waals surface area contributed by atoms with Crippen molar-refractivity contribution in [3.63, 3.8) is 0 Å². The lowest BCUT2D eigenvalue weighted by Crippen LogP contribution is -2.48. The van der Waals surface area contributed by atoms with E-state index in [4.69, 9.17) is 37.4 Å². The largest absolute Gasteiger partial charge is 0.384 e. The Balaban J connectivity index is 1.91. The van der Waals surface area contributed by atoms with Gasteiger partial charge < -0.3 is 24.1 Å². The zero-order valence-corrected chi connectivity index (χ0v) is 14.5. The molecule has 0 aliphatic carbocycles. The van der Waals surface area contributed by atoms with Crippen LogP contribution in [0.15, 0.2) is 18.2 Å². The zero-order valence-electron chi connectivity index (χ0n) is 13.0. The molecular weight excluding hydrogens is 343 g/mol. The van der Waals surface area contributed by atoms with Gasteiger partial charge in [0.15, 0.2) is 12.1 Å². The molecule has 5 nitrogen and oxygen atoms in total. The third kappa shape index (κ3) is 2.90. The molecule has 3 rings (SSSR count). The fourth-order valence-electron chi connectivity index (χ4n) is 3.16. The summed E-state index contributed by atoms with van der Waals surface area (Å²) in [5.74, 6) is -1.56. The number of carbonyl (C=O) groups excluding carboxylic acids is 1. The Bertz CT molecular complexity index is 631. The smallest absolute Gasteiger partial charge is 0.190 e. The van der Waals surface area contributed by atoms with Crippen molar-refractivity contribution in [2.45, 2.75) is 56.6 Å². The Morgan fingerprint density at radius 3 is 2.48 bits per heavy atom. The van der Waals surface area contributed by atoms with Gasteiger partial charge in [-0.2, -0.15) is 0 Å². The first-order valence-corrected chi connectivity index (χ1v) is 8.05. The average molecular weight is 361 g/mol. The van der Waals surface area contributed by atoms with E-state index < -0.39 is 35.8 Å². The van der Waals surface area contributed by atoms with E-state index >= 15 is 0 Å². The first-order chi connectivity index (χ1) is 10.7. The number of aldehydes is 1. The van der Waals surface area contributed by atoms with E-state index in [9.17, 15) is 9.90 Å². The summed E-state index contributed by atoms with van der Waals surface area (Å²) in [6.07, 6.45) is -1.49. The van der Waals surface area contributed by atoms with Crippen LogP contribution in [0.5, 0.6) is 0 Å². The second-order valence-corrected chi connectivity index (χ2v) is 7.36. The van der Waals surface area contributed by atoms with Crippen LogP contribution in [0, 0.1) is 0 Å². The van der Waals surface area contributed by atoms with Crippen LogP contribution in [0.4, 0.5) is 0 Å². The highest BCUT2D eigenvalue weighted by Gasteiger charge is 2.62. The highest BCUT2D eigenvalue weighted by molar-refractivity contribution is 6.42. The van der Waals surface area contributed by atoms with Gasteiger partial charge in [0, 0.05) is 0 Å². The van der Waals surface area contributed by atoms with E-state index in [-0.39, 0.29) is 0 Å². The van der Waals surface area contributed by atoms with Gasteiger partial charge in [0.05, 0.1) is 16.0 Å². The molecule has 2 aliphatic heterocycles. The van der Waals surface area contributed by atoms with Gasteiger partial charge in [0.25, 0.3) is 0 Å². The molecule has 0 bridgehead atoms. The summed E-state index contributed by atoms with van der Waals surface area (Å²) in [5.41, 5.74) is -0.783. The second kappa shape index (κ2) is 5.69. The van der Waals surface area contributed by atoms with Crippen LogP contribution in [-0.4, -0.2) is 41.3 Å². The second-order valence-electron chi connectivity index (χ2n) is 6.54. The van der Waals surface area contributed by atoms with E-state index in [0.29, 0.717) is 15.6 Å². The first-order valence-electron chi connectivity index (χ1n) is 7.29. The lowest BCUT2D eigenvalue weighted by atomic mass is 9.83. The van der Waals surface area contributed by atoms with Gasteiger partial charge in [-0.1, -0.05) is 29.3 Å². The number of hydrogen-bond donors (Lipinski definition) is 1. The number of benzene rings is 1. The number of aliphatic hydroxyl groups is 1. The lowest BCUT2D eigenvalue weighted by molar-refractivity contribution is -0.228. The molecule has 1 aromatic rings. The molecule has 23 heavy (non-hydrogen) atoms. The van der Waals surface area contributed by atoms with Gasteiger partial charge in [0.2, 0.25) is 0 Å². The summed E-state index contributed by atoms with van der Waals surface area (Å²) in [6, 6.07) is 4.89. The summed E-state index contributed by atoms with van der Waals surface area (Å²) < 4.78 is 17.2. The van der Waals surface area contributed by atoms with Gasteiger partial charge in [0.1, 0.15) is 24.1 Å². The highest BCUT2D eigenvalue weighted by Crippen LogP contribution is 2.46. The maximum atomic E-state index is 11.7. The standard InChI is InChI=1S/C16H18Cl2O5/c1-15(2)22-13-14(23-15)21-12(16(13,3)20)9(7-19)8-4-5-10(17)11(18)6-8/h4-7,9,12-14,20H,1-3H3/t9-,12-,13+,14-,16-/m1/s1. The van der Waals surface area contributed by atoms with Gasteiger partial charge in [-0.05, 0) is 38.5 Å². The molecule has 0 spiro atoms. The predicted octanol–water partition coefficient (Wildman–Crippen LogP) is 2.90. The molecule has 0 saturated carbocycles. The molecule has 0 unspecified atom stereocenters.